The molecular weight excluding hydrogens is 288 g/mol. The van der Waals surface area contributed by atoms with Gasteiger partial charge in [0.25, 0.3) is 0 Å². The summed E-state index contributed by atoms with van der Waals surface area (Å²) in [4.78, 5) is 0. The molecule has 5 nitrogen and oxygen atoms in total. The predicted molar refractivity (Wildman–Crippen MR) is 75.1 cm³/mol. The van der Waals surface area contributed by atoms with Crippen LogP contribution >= 0.6 is 12.4 Å². The van der Waals surface area contributed by atoms with E-state index < -0.39 is 6.55 Å². The lowest BCUT2D eigenvalue weighted by atomic mass is 10.2. The highest BCUT2D eigenvalue weighted by atomic mass is 35.5. The average Bonchev–Trinajstić information content (AvgIpc) is 2.94. The number of hydrogen-bond donors (Lipinski definition) is 1. The Morgan fingerprint density at radius 2 is 2.05 bits per heavy atom. The number of nitrogens with one attached hydrogen (secondary N) is 1. The van der Waals surface area contributed by atoms with E-state index in [4.69, 9.17) is 0 Å². The van der Waals surface area contributed by atoms with Gasteiger partial charge in [-0.1, -0.05) is 13.8 Å². The van der Waals surface area contributed by atoms with Crippen LogP contribution in [0.15, 0.2) is 24.5 Å². The van der Waals surface area contributed by atoms with Crippen LogP contribution in [0.4, 0.5) is 14.6 Å². The summed E-state index contributed by atoms with van der Waals surface area (Å²) in [5, 5.41) is 11.0. The van der Waals surface area contributed by atoms with Crippen molar-refractivity contribution in [3.8, 4) is 0 Å². The van der Waals surface area contributed by atoms with Crippen LogP contribution in [0.25, 0.3) is 0 Å². The van der Waals surface area contributed by atoms with Crippen molar-refractivity contribution in [3.05, 3.63) is 30.2 Å². The second kappa shape index (κ2) is 7.23. The number of anilines is 1. The van der Waals surface area contributed by atoms with Crippen molar-refractivity contribution in [2.24, 2.45) is 5.92 Å². The van der Waals surface area contributed by atoms with Crippen LogP contribution < -0.4 is 5.32 Å². The number of aromatic nitrogens is 4. The van der Waals surface area contributed by atoms with Gasteiger partial charge in [0, 0.05) is 25.0 Å². The van der Waals surface area contributed by atoms with Crippen molar-refractivity contribution in [1.82, 2.24) is 19.6 Å². The van der Waals surface area contributed by atoms with Crippen LogP contribution in [-0.2, 0) is 13.1 Å². The maximum atomic E-state index is 12.4. The molecule has 0 unspecified atom stereocenters. The second-order valence-electron chi connectivity index (χ2n) is 4.71. The van der Waals surface area contributed by atoms with Crippen molar-refractivity contribution in [3.63, 3.8) is 0 Å². The molecule has 8 heteroatoms. The standard InChI is InChI=1S/C12H17F2N5.ClH/c1-9(2)8-19-10(3-5-16-19)7-15-11-4-6-18(17-11)12(13)14;/h3-6,9,12H,7-8H2,1-2H3,(H,15,17);1H. The number of alkyl halides is 2. The Hall–Kier alpha value is -1.63. The summed E-state index contributed by atoms with van der Waals surface area (Å²) < 4.78 is 27.2. The minimum atomic E-state index is -2.61. The van der Waals surface area contributed by atoms with Gasteiger partial charge in [-0.3, -0.25) is 4.68 Å². The molecular formula is C12H18ClF2N5. The zero-order chi connectivity index (χ0) is 13.8. The highest BCUT2D eigenvalue weighted by molar-refractivity contribution is 5.85. The molecule has 0 aliphatic heterocycles. The van der Waals surface area contributed by atoms with Crippen LogP contribution in [0, 0.1) is 5.92 Å². The van der Waals surface area contributed by atoms with Crippen LogP contribution in [0.2, 0.25) is 0 Å². The van der Waals surface area contributed by atoms with Gasteiger partial charge in [0.2, 0.25) is 0 Å². The summed E-state index contributed by atoms with van der Waals surface area (Å²) in [7, 11) is 0. The van der Waals surface area contributed by atoms with Gasteiger partial charge in [0.15, 0.2) is 0 Å². The molecule has 2 rings (SSSR count). The number of rotatable bonds is 6. The minimum Gasteiger partial charge on any atom is -0.363 e. The Morgan fingerprint density at radius 3 is 2.65 bits per heavy atom. The molecule has 0 aliphatic rings. The quantitative estimate of drug-likeness (QED) is 0.892. The second-order valence-corrected chi connectivity index (χ2v) is 4.71. The van der Waals surface area contributed by atoms with Crippen molar-refractivity contribution >= 4 is 18.2 Å². The van der Waals surface area contributed by atoms with Crippen molar-refractivity contribution in [2.75, 3.05) is 5.32 Å². The molecule has 0 spiro atoms. The normalized spacial score (nSPS) is 10.9. The summed E-state index contributed by atoms with van der Waals surface area (Å²) in [6, 6.07) is 3.43. The summed E-state index contributed by atoms with van der Waals surface area (Å²) >= 11 is 0. The van der Waals surface area contributed by atoms with Crippen LogP contribution in [0.3, 0.4) is 0 Å². The molecule has 1 N–H and O–H groups in total. The van der Waals surface area contributed by atoms with E-state index in [0.29, 0.717) is 23.0 Å². The zero-order valence-electron chi connectivity index (χ0n) is 11.3. The van der Waals surface area contributed by atoms with E-state index in [0.717, 1.165) is 12.2 Å². The van der Waals surface area contributed by atoms with E-state index in [1.807, 2.05) is 10.7 Å². The number of hydrogen-bond acceptors (Lipinski definition) is 3. The topological polar surface area (TPSA) is 47.7 Å². The van der Waals surface area contributed by atoms with Gasteiger partial charge >= 0.3 is 6.55 Å². The zero-order valence-corrected chi connectivity index (χ0v) is 12.1. The predicted octanol–water partition coefficient (Wildman–Crippen LogP) is 3.16. The first-order valence-electron chi connectivity index (χ1n) is 6.14. The van der Waals surface area contributed by atoms with Gasteiger partial charge < -0.3 is 5.32 Å². The summed E-state index contributed by atoms with van der Waals surface area (Å²) in [5.74, 6) is 0.925. The highest BCUT2D eigenvalue weighted by Gasteiger charge is 2.08. The molecule has 0 atom stereocenters. The van der Waals surface area contributed by atoms with Gasteiger partial charge in [-0.15, -0.1) is 12.4 Å². The monoisotopic (exact) mass is 305 g/mol. The molecule has 0 bridgehead atoms. The van der Waals surface area contributed by atoms with E-state index in [2.05, 4.69) is 29.4 Å². The Morgan fingerprint density at radius 1 is 1.30 bits per heavy atom. The third-order valence-corrected chi connectivity index (χ3v) is 2.60. The SMILES string of the molecule is CC(C)Cn1nccc1CNc1ccn(C(F)F)n1.Cl. The van der Waals surface area contributed by atoms with Crippen LogP contribution in [-0.4, -0.2) is 19.6 Å². The highest BCUT2D eigenvalue weighted by Crippen LogP contribution is 2.12. The molecule has 2 aromatic heterocycles. The fraction of sp³-hybridized carbons (Fsp3) is 0.500. The van der Waals surface area contributed by atoms with Gasteiger partial charge in [-0.05, 0) is 12.0 Å². The third kappa shape index (κ3) is 4.19. The van der Waals surface area contributed by atoms with Gasteiger partial charge in [-0.25, -0.2) is 4.68 Å². The molecule has 0 aromatic carbocycles. The smallest absolute Gasteiger partial charge is 0.333 e. The molecule has 2 heterocycles. The maximum absolute atomic E-state index is 12.4. The van der Waals surface area contributed by atoms with Crippen LogP contribution in [0.5, 0.6) is 0 Å². The van der Waals surface area contributed by atoms with E-state index in [1.54, 1.807) is 6.20 Å². The first-order chi connectivity index (χ1) is 9.06. The number of halogens is 3. The van der Waals surface area contributed by atoms with Gasteiger partial charge in [-0.2, -0.15) is 19.0 Å². The summed E-state index contributed by atoms with van der Waals surface area (Å²) in [6.07, 6.45) is 2.98. The average molecular weight is 306 g/mol. The molecule has 0 amide bonds. The fourth-order valence-corrected chi connectivity index (χ4v) is 1.74. The number of nitrogens with zero attached hydrogens (tertiary/aromatic N) is 4. The third-order valence-electron chi connectivity index (χ3n) is 2.60. The summed E-state index contributed by atoms with van der Waals surface area (Å²) in [6.45, 7) is 2.96. The lowest BCUT2D eigenvalue weighted by Crippen LogP contribution is -2.12. The van der Waals surface area contributed by atoms with Crippen molar-refractivity contribution in [2.45, 2.75) is 33.5 Å². The van der Waals surface area contributed by atoms with E-state index >= 15 is 0 Å². The van der Waals surface area contributed by atoms with E-state index in [9.17, 15) is 8.78 Å². The van der Waals surface area contributed by atoms with Gasteiger partial charge in [0.1, 0.15) is 5.82 Å². The lowest BCUT2D eigenvalue weighted by molar-refractivity contribution is 0.0569. The van der Waals surface area contributed by atoms with E-state index in [1.165, 1.54) is 12.3 Å². The van der Waals surface area contributed by atoms with Crippen molar-refractivity contribution < 1.29 is 8.78 Å². The molecule has 0 saturated heterocycles. The molecule has 0 radical (unpaired) electrons. The fourth-order valence-electron chi connectivity index (χ4n) is 1.74. The van der Waals surface area contributed by atoms with E-state index in [-0.39, 0.29) is 12.4 Å². The first kappa shape index (κ1) is 16.4. The lowest BCUT2D eigenvalue weighted by Gasteiger charge is -2.10. The Balaban J connectivity index is 0.00000200. The first-order valence-corrected chi connectivity index (χ1v) is 6.14. The Labute approximate surface area is 122 Å². The Bertz CT molecular complexity index is 523. The molecule has 20 heavy (non-hydrogen) atoms. The minimum absolute atomic E-state index is 0. The molecule has 0 saturated carbocycles. The van der Waals surface area contributed by atoms with Gasteiger partial charge in [0.05, 0.1) is 12.2 Å². The van der Waals surface area contributed by atoms with Crippen LogP contribution in [0.1, 0.15) is 26.1 Å². The molecule has 0 aliphatic carbocycles. The maximum Gasteiger partial charge on any atom is 0.333 e. The molecule has 2 aromatic rings. The summed E-state index contributed by atoms with van der Waals surface area (Å²) in [5.41, 5.74) is 1.00. The largest absolute Gasteiger partial charge is 0.363 e. The molecule has 0 fully saturated rings. The van der Waals surface area contributed by atoms with Crippen molar-refractivity contribution in [1.29, 1.82) is 0 Å². The molecule has 112 valence electrons. The Kier molecular flexibility index (Phi) is 5.94.